The maximum Gasteiger partial charge on any atom is 0.0992 e. The number of nitrogens with zero attached hydrogens (tertiary/aromatic N) is 6. The van der Waals surface area contributed by atoms with Crippen LogP contribution in [-0.2, 0) is 28.4 Å². The average Bonchev–Trinajstić information content (AvgIpc) is 3.68. The molecule has 0 aliphatic carbocycles. The molecule has 0 aromatic heterocycles. The highest BCUT2D eigenvalue weighted by Crippen LogP contribution is 2.03. The van der Waals surface area contributed by atoms with Crippen LogP contribution in [0.15, 0.2) is 0 Å². The summed E-state index contributed by atoms with van der Waals surface area (Å²) in [6, 6.07) is 0. The second-order valence-electron chi connectivity index (χ2n) is 9.82. The topological polar surface area (TPSA) is 74.1 Å². The van der Waals surface area contributed by atoms with Gasteiger partial charge >= 0.3 is 0 Å². The maximum atomic E-state index is 5.34. The predicted octanol–water partition coefficient (Wildman–Crippen LogP) is -0.565. The zero-order chi connectivity index (χ0) is 26.4. The third-order valence-electron chi connectivity index (χ3n) is 4.61. The van der Waals surface area contributed by atoms with Gasteiger partial charge in [-0.1, -0.05) is 0 Å². The van der Waals surface area contributed by atoms with E-state index in [9.17, 15) is 0 Å². The van der Waals surface area contributed by atoms with Gasteiger partial charge in [0.25, 0.3) is 0 Å². The van der Waals surface area contributed by atoms with Gasteiger partial charge in [0.05, 0.1) is 80.0 Å². The zero-order valence-corrected chi connectivity index (χ0v) is 23.9. The summed E-state index contributed by atoms with van der Waals surface area (Å²) in [4.78, 5) is 12.7. The van der Waals surface area contributed by atoms with Gasteiger partial charge in [-0.3, -0.25) is 29.4 Å². The average molecular weight is 523 g/mol. The Hall–Kier alpha value is -0.480. The summed E-state index contributed by atoms with van der Waals surface area (Å²) in [6.07, 6.45) is 0. The van der Waals surface area contributed by atoms with E-state index in [1.807, 2.05) is 57.0 Å². The lowest BCUT2D eigenvalue weighted by molar-refractivity contribution is -0.0123. The molecule has 3 fully saturated rings. The van der Waals surface area contributed by atoms with Gasteiger partial charge in [-0.25, -0.2) is 0 Å². The first kappa shape index (κ1) is 33.5. The number of hydrogen-bond acceptors (Lipinski definition) is 12. The summed E-state index contributed by atoms with van der Waals surface area (Å²) < 4.78 is 31.8. The van der Waals surface area contributed by atoms with Crippen molar-refractivity contribution in [3.63, 3.8) is 0 Å². The van der Waals surface area contributed by atoms with Gasteiger partial charge in [-0.05, 0) is 42.3 Å². The first-order valence-electron chi connectivity index (χ1n) is 12.9. The molecule has 36 heavy (non-hydrogen) atoms. The van der Waals surface area contributed by atoms with Crippen LogP contribution in [0.5, 0.6) is 0 Å². The Balaban J connectivity index is 0.000000270. The third kappa shape index (κ3) is 28.1. The molecule has 12 heteroatoms. The van der Waals surface area contributed by atoms with E-state index in [1.54, 1.807) is 0 Å². The molecule has 3 aliphatic rings. The molecule has 0 unspecified atom stereocenters. The quantitative estimate of drug-likeness (QED) is 0.110. The number of rotatable bonds is 21. The highest BCUT2D eigenvalue weighted by molar-refractivity contribution is 4.68. The summed E-state index contributed by atoms with van der Waals surface area (Å²) in [5.41, 5.74) is 0. The second-order valence-corrected chi connectivity index (χ2v) is 9.82. The highest BCUT2D eigenvalue weighted by atomic mass is 16.5. The minimum absolute atomic E-state index is 0.658. The molecule has 3 rings (SSSR count). The van der Waals surface area contributed by atoms with Crippen molar-refractivity contribution < 1.29 is 28.4 Å². The molecule has 0 N–H and O–H groups in total. The molecular weight excluding hydrogens is 468 g/mol. The van der Waals surface area contributed by atoms with Crippen LogP contribution in [0.1, 0.15) is 0 Å². The van der Waals surface area contributed by atoms with Crippen molar-refractivity contribution >= 4 is 0 Å². The van der Waals surface area contributed by atoms with Gasteiger partial charge in [0.2, 0.25) is 0 Å². The molecule has 0 amide bonds. The van der Waals surface area contributed by atoms with E-state index in [0.29, 0.717) is 46.6 Å². The zero-order valence-electron chi connectivity index (χ0n) is 23.9. The molecule has 0 spiro atoms. The summed E-state index contributed by atoms with van der Waals surface area (Å²) in [7, 11) is 11.9. The largest absolute Gasteiger partial charge is 0.364 e. The Morgan fingerprint density at radius 2 is 0.611 bits per heavy atom. The Bertz CT molecular complexity index is 395. The van der Waals surface area contributed by atoms with Crippen LogP contribution in [0.2, 0.25) is 0 Å². The summed E-state index contributed by atoms with van der Waals surface area (Å²) >= 11 is 0. The Morgan fingerprint density at radius 3 is 0.806 bits per heavy atom. The monoisotopic (exact) mass is 522 g/mol. The lowest BCUT2D eigenvalue weighted by Gasteiger charge is -2.12. The van der Waals surface area contributed by atoms with E-state index >= 15 is 0 Å². The van der Waals surface area contributed by atoms with Gasteiger partial charge in [0, 0.05) is 39.3 Å². The van der Waals surface area contributed by atoms with Gasteiger partial charge in [0.15, 0.2) is 0 Å². The summed E-state index contributed by atoms with van der Waals surface area (Å²) in [5, 5.41) is 0. The fourth-order valence-corrected chi connectivity index (χ4v) is 2.28. The Kier molecular flexibility index (Phi) is 21.0. The fourth-order valence-electron chi connectivity index (χ4n) is 2.28. The van der Waals surface area contributed by atoms with E-state index < -0.39 is 0 Å². The molecule has 3 heterocycles. The van der Waals surface area contributed by atoms with Gasteiger partial charge < -0.3 is 28.4 Å². The minimum atomic E-state index is 0.658. The van der Waals surface area contributed by atoms with Gasteiger partial charge in [-0.2, -0.15) is 0 Å². The molecule has 0 aromatic carbocycles. The van der Waals surface area contributed by atoms with E-state index in [-0.39, 0.29) is 0 Å². The van der Waals surface area contributed by atoms with Crippen molar-refractivity contribution in [1.82, 2.24) is 29.4 Å². The van der Waals surface area contributed by atoms with Crippen LogP contribution in [0.25, 0.3) is 0 Å². The molecule has 216 valence electrons. The Morgan fingerprint density at radius 1 is 0.389 bits per heavy atom. The van der Waals surface area contributed by atoms with Crippen molar-refractivity contribution in [1.29, 1.82) is 0 Å². The predicted molar refractivity (Wildman–Crippen MR) is 141 cm³/mol. The first-order chi connectivity index (χ1) is 17.4. The lowest BCUT2D eigenvalue weighted by Crippen LogP contribution is -2.21. The van der Waals surface area contributed by atoms with E-state index in [4.69, 9.17) is 28.4 Å². The van der Waals surface area contributed by atoms with Crippen LogP contribution in [0, 0.1) is 0 Å². The third-order valence-corrected chi connectivity index (χ3v) is 4.61. The maximum absolute atomic E-state index is 5.34. The molecule has 0 atom stereocenters. The van der Waals surface area contributed by atoms with Crippen LogP contribution < -0.4 is 0 Å². The van der Waals surface area contributed by atoms with Crippen LogP contribution >= 0.6 is 0 Å². The van der Waals surface area contributed by atoms with E-state index in [1.165, 1.54) is 39.3 Å². The van der Waals surface area contributed by atoms with Gasteiger partial charge in [0.1, 0.15) is 0 Å². The summed E-state index contributed by atoms with van der Waals surface area (Å²) in [6.45, 7) is 15.7. The van der Waals surface area contributed by atoms with Crippen molar-refractivity contribution in [2.45, 2.75) is 0 Å². The number of hydrogen-bond donors (Lipinski definition) is 0. The van der Waals surface area contributed by atoms with Crippen LogP contribution in [0.4, 0.5) is 0 Å². The molecule has 12 nitrogen and oxygen atoms in total. The molecule has 0 saturated carbocycles. The smallest absolute Gasteiger partial charge is 0.0992 e. The second kappa shape index (κ2) is 22.5. The fraction of sp³-hybridized carbons (Fsp3) is 1.00. The van der Waals surface area contributed by atoms with Crippen molar-refractivity contribution in [3.05, 3.63) is 0 Å². The van der Waals surface area contributed by atoms with Crippen LogP contribution in [-0.4, -0.2) is 191 Å². The van der Waals surface area contributed by atoms with E-state index in [2.05, 4.69) is 14.7 Å². The Labute approximate surface area is 219 Å². The molecule has 0 bridgehead atoms. The van der Waals surface area contributed by atoms with Gasteiger partial charge in [-0.15, -0.1) is 0 Å². The SMILES string of the molecule is C(COCN1CC1)OCN1CC1.CN(C)COCCOCN(C)C.CN(C)COCCOCN1CC1. The molecule has 0 aromatic rings. The molecular formula is C24H54N6O6. The van der Waals surface area contributed by atoms with Crippen molar-refractivity contribution in [2.24, 2.45) is 0 Å². The molecule has 3 aliphatic heterocycles. The first-order valence-corrected chi connectivity index (χ1v) is 12.9. The summed E-state index contributed by atoms with van der Waals surface area (Å²) in [5.74, 6) is 0. The van der Waals surface area contributed by atoms with E-state index in [0.717, 1.165) is 33.4 Å². The highest BCUT2D eigenvalue weighted by Gasteiger charge is 2.17. The van der Waals surface area contributed by atoms with Crippen molar-refractivity contribution in [3.8, 4) is 0 Å². The normalized spacial score (nSPS) is 17.2. The standard InChI is InChI=1S/C8H16N2O2.C8H18N2O2.C8H20N2O2/c1-2-9(1)7-11-5-6-12-8-10-3-4-10;1-9(2)7-11-5-6-12-8-10-3-4-10;1-9(2)7-11-5-6-12-8-10(3)4/h1-8H2;3-8H2,1-2H3;5-8H2,1-4H3. The molecule has 0 radical (unpaired) electrons. The molecule has 3 saturated heterocycles. The van der Waals surface area contributed by atoms with Crippen molar-refractivity contribution in [2.75, 3.05) is 162 Å². The minimum Gasteiger partial charge on any atom is -0.364 e. The number of ether oxygens (including phenoxy) is 6. The van der Waals surface area contributed by atoms with Crippen LogP contribution in [0.3, 0.4) is 0 Å². The lowest BCUT2D eigenvalue weighted by atomic mass is 10.7.